The van der Waals surface area contributed by atoms with Crippen molar-refractivity contribution in [3.63, 3.8) is 0 Å². The first-order chi connectivity index (χ1) is 16.8. The van der Waals surface area contributed by atoms with Gasteiger partial charge in [-0.25, -0.2) is 4.79 Å². The van der Waals surface area contributed by atoms with Crippen molar-refractivity contribution in [3.05, 3.63) is 59.7 Å². The van der Waals surface area contributed by atoms with Crippen LogP contribution in [0.5, 0.6) is 0 Å². The van der Waals surface area contributed by atoms with Crippen molar-refractivity contribution in [1.82, 2.24) is 10.6 Å². The van der Waals surface area contributed by atoms with Crippen molar-refractivity contribution in [2.45, 2.75) is 57.0 Å². The molecule has 0 aromatic heterocycles. The van der Waals surface area contributed by atoms with E-state index >= 15 is 0 Å². The zero-order valence-corrected chi connectivity index (χ0v) is 20.5. The zero-order valence-electron chi connectivity index (χ0n) is 20.5. The fraction of sp³-hybridized carbons (Fsp3) is 0.444. The number of aliphatic carboxylic acids is 1. The topological polar surface area (TPSA) is 114 Å². The molecular weight excluding hydrogens is 448 g/mol. The standard InChI is InChI=1S/C27H34N2O6/c1-4-27(17-34-3,25(32)28-18(2)10-9-15-24(30)31)29-26(33)35-16-23-21-13-7-5-11-19(21)20-12-6-8-14-22(20)23/h5-8,11-14,18,23H,4,9-10,15-17H2,1-3H3,(H,28,32)(H,29,33)(H,30,31). The number of carbonyl (C=O) groups excluding carboxylic acids is 2. The molecule has 0 fully saturated rings. The third-order valence-corrected chi connectivity index (χ3v) is 6.52. The molecule has 2 atom stereocenters. The summed E-state index contributed by atoms with van der Waals surface area (Å²) in [6, 6.07) is 15.9. The Kier molecular flexibility index (Phi) is 8.87. The Morgan fingerprint density at radius 2 is 1.66 bits per heavy atom. The van der Waals surface area contributed by atoms with E-state index in [1.807, 2.05) is 36.4 Å². The van der Waals surface area contributed by atoms with Gasteiger partial charge in [-0.15, -0.1) is 0 Å². The zero-order chi connectivity index (χ0) is 25.4. The van der Waals surface area contributed by atoms with Crippen molar-refractivity contribution >= 4 is 18.0 Å². The van der Waals surface area contributed by atoms with E-state index in [-0.39, 0.29) is 31.6 Å². The van der Waals surface area contributed by atoms with Gasteiger partial charge in [-0.1, -0.05) is 55.5 Å². The van der Waals surface area contributed by atoms with Crippen LogP contribution >= 0.6 is 0 Å². The summed E-state index contributed by atoms with van der Waals surface area (Å²) < 4.78 is 10.9. The van der Waals surface area contributed by atoms with Crippen molar-refractivity contribution in [2.75, 3.05) is 20.3 Å². The fourth-order valence-electron chi connectivity index (χ4n) is 4.58. The molecule has 0 aliphatic heterocycles. The minimum atomic E-state index is -1.31. The van der Waals surface area contributed by atoms with Gasteiger partial charge in [0.05, 0.1) is 6.61 Å². The molecule has 0 radical (unpaired) electrons. The number of fused-ring (bicyclic) bond motifs is 3. The lowest BCUT2D eigenvalue weighted by Crippen LogP contribution is -2.62. The Labute approximate surface area is 206 Å². The van der Waals surface area contributed by atoms with E-state index in [0.29, 0.717) is 19.3 Å². The molecule has 2 unspecified atom stereocenters. The molecule has 0 bridgehead atoms. The molecule has 2 aromatic rings. The molecule has 2 amide bonds. The first-order valence-corrected chi connectivity index (χ1v) is 12.0. The monoisotopic (exact) mass is 482 g/mol. The van der Waals surface area contributed by atoms with Gasteiger partial charge in [0.15, 0.2) is 0 Å². The minimum Gasteiger partial charge on any atom is -0.481 e. The maximum Gasteiger partial charge on any atom is 0.408 e. The molecule has 0 saturated heterocycles. The number of methoxy groups -OCH3 is 1. The lowest BCUT2D eigenvalue weighted by Gasteiger charge is -2.32. The third kappa shape index (κ3) is 6.19. The van der Waals surface area contributed by atoms with Crippen molar-refractivity contribution in [1.29, 1.82) is 0 Å². The lowest BCUT2D eigenvalue weighted by atomic mass is 9.95. The van der Waals surface area contributed by atoms with E-state index in [2.05, 4.69) is 22.8 Å². The molecule has 3 rings (SSSR count). The average Bonchev–Trinajstić information content (AvgIpc) is 3.15. The minimum absolute atomic E-state index is 0.0264. The Hall–Kier alpha value is -3.39. The third-order valence-electron chi connectivity index (χ3n) is 6.52. The number of alkyl carbamates (subject to hydrolysis) is 1. The maximum atomic E-state index is 13.1. The molecule has 1 aliphatic carbocycles. The highest BCUT2D eigenvalue weighted by molar-refractivity contribution is 5.90. The second-order valence-electron chi connectivity index (χ2n) is 8.98. The molecule has 0 spiro atoms. The van der Waals surface area contributed by atoms with Gasteiger partial charge in [-0.3, -0.25) is 9.59 Å². The van der Waals surface area contributed by atoms with Crippen molar-refractivity contribution in [2.24, 2.45) is 0 Å². The number of amides is 2. The summed E-state index contributed by atoms with van der Waals surface area (Å²) in [6.07, 6.45) is 0.586. The summed E-state index contributed by atoms with van der Waals surface area (Å²) in [5.74, 6) is -1.35. The Morgan fingerprint density at radius 1 is 1.06 bits per heavy atom. The highest BCUT2D eigenvalue weighted by Gasteiger charge is 2.40. The second-order valence-corrected chi connectivity index (χ2v) is 8.98. The summed E-state index contributed by atoms with van der Waals surface area (Å²) in [6.45, 7) is 3.71. The first kappa shape index (κ1) is 26.2. The molecule has 1 aliphatic rings. The molecule has 3 N–H and O–H groups in total. The van der Waals surface area contributed by atoms with Crippen LogP contribution in [0.15, 0.2) is 48.5 Å². The Bertz CT molecular complexity index is 1010. The van der Waals surface area contributed by atoms with Crippen LogP contribution in [0.2, 0.25) is 0 Å². The molecule has 8 heteroatoms. The van der Waals surface area contributed by atoms with Crippen LogP contribution in [0.1, 0.15) is 56.6 Å². The number of carboxylic acid groups (broad SMARTS) is 1. The number of hydrogen-bond donors (Lipinski definition) is 3. The van der Waals surface area contributed by atoms with Crippen molar-refractivity contribution in [3.8, 4) is 11.1 Å². The number of rotatable bonds is 12. The van der Waals surface area contributed by atoms with E-state index in [9.17, 15) is 14.4 Å². The number of benzene rings is 2. The van der Waals surface area contributed by atoms with Crippen molar-refractivity contribution < 1.29 is 29.0 Å². The predicted molar refractivity (Wildman–Crippen MR) is 132 cm³/mol. The maximum absolute atomic E-state index is 13.1. The van der Waals surface area contributed by atoms with Gasteiger partial charge in [-0.05, 0) is 48.4 Å². The van der Waals surface area contributed by atoms with Crippen LogP contribution in [-0.2, 0) is 19.1 Å². The quantitative estimate of drug-likeness (QED) is 0.420. The average molecular weight is 483 g/mol. The fourth-order valence-corrected chi connectivity index (χ4v) is 4.58. The second kappa shape index (κ2) is 11.8. The Balaban J connectivity index is 1.65. The molecule has 0 heterocycles. The highest BCUT2D eigenvalue weighted by atomic mass is 16.5. The first-order valence-electron chi connectivity index (χ1n) is 12.0. The summed E-state index contributed by atoms with van der Waals surface area (Å²) in [4.78, 5) is 36.8. The van der Waals surface area contributed by atoms with E-state index in [4.69, 9.17) is 14.6 Å². The number of carboxylic acids is 1. The van der Waals surface area contributed by atoms with Crippen LogP contribution in [-0.4, -0.2) is 55.0 Å². The van der Waals surface area contributed by atoms with Crippen LogP contribution in [0.4, 0.5) is 4.79 Å². The van der Waals surface area contributed by atoms with Crippen LogP contribution in [0, 0.1) is 0 Å². The number of ether oxygens (including phenoxy) is 2. The van der Waals surface area contributed by atoms with Crippen LogP contribution in [0.3, 0.4) is 0 Å². The number of nitrogens with one attached hydrogen (secondary N) is 2. The van der Waals surface area contributed by atoms with Gasteiger partial charge in [0.25, 0.3) is 0 Å². The van der Waals surface area contributed by atoms with Gasteiger partial charge in [0.2, 0.25) is 5.91 Å². The molecule has 2 aromatic carbocycles. The van der Waals surface area contributed by atoms with Gasteiger partial charge < -0.3 is 25.2 Å². The van der Waals surface area contributed by atoms with Crippen LogP contribution in [0.25, 0.3) is 11.1 Å². The smallest absolute Gasteiger partial charge is 0.408 e. The van der Waals surface area contributed by atoms with Gasteiger partial charge in [-0.2, -0.15) is 0 Å². The highest BCUT2D eigenvalue weighted by Crippen LogP contribution is 2.44. The van der Waals surface area contributed by atoms with E-state index < -0.39 is 23.5 Å². The Morgan fingerprint density at radius 3 is 2.20 bits per heavy atom. The van der Waals surface area contributed by atoms with E-state index in [1.165, 1.54) is 7.11 Å². The SMILES string of the molecule is CCC(COC)(NC(=O)OCC1c2ccccc2-c2ccccc21)C(=O)NC(C)CCCC(=O)O. The molecule has 8 nitrogen and oxygen atoms in total. The van der Waals surface area contributed by atoms with E-state index in [1.54, 1.807) is 13.8 Å². The predicted octanol–water partition coefficient (Wildman–Crippen LogP) is 4.08. The van der Waals surface area contributed by atoms with Gasteiger partial charge >= 0.3 is 12.1 Å². The molecule has 188 valence electrons. The normalized spacial score (nSPS) is 14.8. The molecule has 0 saturated carbocycles. The summed E-state index contributed by atoms with van der Waals surface area (Å²) >= 11 is 0. The van der Waals surface area contributed by atoms with Crippen LogP contribution < -0.4 is 10.6 Å². The van der Waals surface area contributed by atoms with Gasteiger partial charge in [0.1, 0.15) is 12.1 Å². The summed E-state index contributed by atoms with van der Waals surface area (Å²) in [5, 5.41) is 14.4. The molecule has 35 heavy (non-hydrogen) atoms. The lowest BCUT2D eigenvalue weighted by molar-refractivity contribution is -0.137. The summed E-state index contributed by atoms with van der Waals surface area (Å²) in [7, 11) is 1.47. The number of hydrogen-bond acceptors (Lipinski definition) is 5. The van der Waals surface area contributed by atoms with E-state index in [0.717, 1.165) is 22.3 Å². The van der Waals surface area contributed by atoms with Gasteiger partial charge in [0, 0.05) is 25.5 Å². The largest absolute Gasteiger partial charge is 0.481 e. The molecular formula is C27H34N2O6. The summed E-state index contributed by atoms with van der Waals surface area (Å²) in [5.41, 5.74) is 3.17. The number of carbonyl (C=O) groups is 3.